The van der Waals surface area contributed by atoms with Crippen molar-refractivity contribution in [2.75, 3.05) is 5.73 Å². The molecule has 20 heavy (non-hydrogen) atoms. The Morgan fingerprint density at radius 1 is 1.55 bits per heavy atom. The molecule has 1 aliphatic carbocycles. The zero-order valence-electron chi connectivity index (χ0n) is 11.6. The first kappa shape index (κ1) is 12.8. The lowest BCUT2D eigenvalue weighted by Crippen LogP contribution is -2.27. The van der Waals surface area contributed by atoms with Gasteiger partial charge in [-0.3, -0.25) is 9.89 Å². The molecule has 1 saturated carbocycles. The van der Waals surface area contributed by atoms with Gasteiger partial charge in [0.1, 0.15) is 11.5 Å². The summed E-state index contributed by atoms with van der Waals surface area (Å²) in [6, 6.07) is 3.49. The number of nitrogen functional groups attached to an aromatic ring is 1. The van der Waals surface area contributed by atoms with Crippen molar-refractivity contribution in [3.63, 3.8) is 0 Å². The van der Waals surface area contributed by atoms with Gasteiger partial charge in [-0.1, -0.05) is 0 Å². The van der Waals surface area contributed by atoms with Gasteiger partial charge in [0, 0.05) is 5.92 Å². The summed E-state index contributed by atoms with van der Waals surface area (Å²) in [5.41, 5.74) is 7.60. The predicted molar refractivity (Wildman–Crippen MR) is 74.3 cm³/mol. The molecule has 0 aliphatic heterocycles. The summed E-state index contributed by atoms with van der Waals surface area (Å²) < 4.78 is 5.49. The van der Waals surface area contributed by atoms with E-state index in [4.69, 9.17) is 10.2 Å². The molecule has 1 aliphatic rings. The number of nitrogens with two attached hydrogens (primary N) is 1. The predicted octanol–water partition coefficient (Wildman–Crippen LogP) is 2.26. The van der Waals surface area contributed by atoms with Gasteiger partial charge in [0.2, 0.25) is 0 Å². The Kier molecular flexibility index (Phi) is 3.00. The zero-order chi connectivity index (χ0) is 14.3. The van der Waals surface area contributed by atoms with Crippen molar-refractivity contribution < 1.29 is 9.21 Å². The number of carbonyl (C=O) groups is 1. The molecule has 6 nitrogen and oxygen atoms in total. The second-order valence-corrected chi connectivity index (χ2v) is 5.32. The zero-order valence-corrected chi connectivity index (χ0v) is 11.6. The first-order valence-electron chi connectivity index (χ1n) is 6.77. The highest BCUT2D eigenvalue weighted by Gasteiger charge is 2.30. The van der Waals surface area contributed by atoms with Gasteiger partial charge < -0.3 is 15.5 Å². The van der Waals surface area contributed by atoms with Crippen molar-refractivity contribution in [2.24, 2.45) is 0 Å². The minimum atomic E-state index is -0.285. The quantitative estimate of drug-likeness (QED) is 0.796. The third-order valence-corrected chi connectivity index (χ3v) is 3.57. The van der Waals surface area contributed by atoms with Gasteiger partial charge in [0.15, 0.2) is 5.69 Å². The van der Waals surface area contributed by atoms with Crippen LogP contribution in [0.25, 0.3) is 0 Å². The number of nitrogens with one attached hydrogen (secondary N) is 2. The van der Waals surface area contributed by atoms with Gasteiger partial charge >= 0.3 is 0 Å². The average molecular weight is 274 g/mol. The van der Waals surface area contributed by atoms with Crippen molar-refractivity contribution >= 4 is 11.6 Å². The van der Waals surface area contributed by atoms with Crippen LogP contribution >= 0.6 is 0 Å². The van der Waals surface area contributed by atoms with Gasteiger partial charge in [-0.15, -0.1) is 0 Å². The van der Waals surface area contributed by atoms with Crippen molar-refractivity contribution in [3.05, 3.63) is 35.0 Å². The van der Waals surface area contributed by atoms with E-state index in [2.05, 4.69) is 15.5 Å². The van der Waals surface area contributed by atoms with E-state index in [1.54, 1.807) is 0 Å². The molecular weight excluding hydrogens is 256 g/mol. The normalized spacial score (nSPS) is 16.1. The molecule has 1 amide bonds. The maximum atomic E-state index is 12.2. The summed E-state index contributed by atoms with van der Waals surface area (Å²) in [5, 5.41) is 9.76. The Hall–Kier alpha value is -2.24. The molecule has 0 saturated heterocycles. The number of anilines is 1. The fraction of sp³-hybridized carbons (Fsp3) is 0.429. The van der Waals surface area contributed by atoms with E-state index in [9.17, 15) is 4.79 Å². The molecule has 0 spiro atoms. The number of furan rings is 1. The van der Waals surface area contributed by atoms with Crippen molar-refractivity contribution in [1.29, 1.82) is 0 Å². The van der Waals surface area contributed by atoms with Crippen LogP contribution in [0.4, 0.5) is 5.69 Å². The number of amides is 1. The summed E-state index contributed by atoms with van der Waals surface area (Å²) in [7, 11) is 0. The molecule has 0 radical (unpaired) electrons. The minimum absolute atomic E-state index is 0.225. The minimum Gasteiger partial charge on any atom is -0.464 e. The lowest BCUT2D eigenvalue weighted by atomic mass is 10.2. The first-order valence-corrected chi connectivity index (χ1v) is 6.77. The molecule has 0 aromatic carbocycles. The lowest BCUT2D eigenvalue weighted by molar-refractivity contribution is 0.0931. The molecule has 106 valence electrons. The molecule has 2 heterocycles. The molecule has 4 N–H and O–H groups in total. The van der Waals surface area contributed by atoms with E-state index in [0.29, 0.717) is 17.4 Å². The van der Waals surface area contributed by atoms with Gasteiger partial charge in [0.25, 0.3) is 5.91 Å². The van der Waals surface area contributed by atoms with Crippen LogP contribution in [0.2, 0.25) is 0 Å². The smallest absolute Gasteiger partial charge is 0.274 e. The van der Waals surface area contributed by atoms with Crippen LogP contribution < -0.4 is 11.1 Å². The Bertz CT molecular complexity index is 639. The largest absolute Gasteiger partial charge is 0.464 e. The summed E-state index contributed by atoms with van der Waals surface area (Å²) in [6.07, 6.45) is 2.21. The molecule has 6 heteroatoms. The van der Waals surface area contributed by atoms with Gasteiger partial charge in [-0.05, 0) is 38.8 Å². The van der Waals surface area contributed by atoms with Crippen LogP contribution in [0.15, 0.2) is 16.5 Å². The number of rotatable bonds is 4. The second-order valence-electron chi connectivity index (χ2n) is 5.32. The molecular formula is C14H18N4O2. The Morgan fingerprint density at radius 3 is 2.90 bits per heavy atom. The number of aryl methyl sites for hydroxylation is 1. The summed E-state index contributed by atoms with van der Waals surface area (Å²) in [6.45, 7) is 3.73. The first-order chi connectivity index (χ1) is 9.56. The van der Waals surface area contributed by atoms with E-state index in [1.807, 2.05) is 26.0 Å². The highest BCUT2D eigenvalue weighted by atomic mass is 16.3. The number of carbonyl (C=O) groups excluding carboxylic acids is 1. The molecule has 1 unspecified atom stereocenters. The number of nitrogens with zero attached hydrogens (tertiary/aromatic N) is 1. The van der Waals surface area contributed by atoms with Crippen LogP contribution in [0.3, 0.4) is 0 Å². The fourth-order valence-corrected chi connectivity index (χ4v) is 2.24. The molecule has 1 atom stereocenters. The van der Waals surface area contributed by atoms with Crippen molar-refractivity contribution in [3.8, 4) is 0 Å². The topological polar surface area (TPSA) is 96.9 Å². The van der Waals surface area contributed by atoms with E-state index < -0.39 is 0 Å². The summed E-state index contributed by atoms with van der Waals surface area (Å²) in [5.74, 6) is 1.69. The van der Waals surface area contributed by atoms with E-state index in [0.717, 1.165) is 24.3 Å². The summed E-state index contributed by atoms with van der Waals surface area (Å²) in [4.78, 5) is 12.2. The highest BCUT2D eigenvalue weighted by Crippen LogP contribution is 2.42. The Morgan fingerprint density at radius 2 is 2.30 bits per heavy atom. The Labute approximate surface area is 116 Å². The van der Waals surface area contributed by atoms with Gasteiger partial charge in [0.05, 0.1) is 17.4 Å². The third-order valence-electron chi connectivity index (χ3n) is 3.57. The maximum absolute atomic E-state index is 12.2. The maximum Gasteiger partial charge on any atom is 0.274 e. The van der Waals surface area contributed by atoms with Crippen LogP contribution in [-0.2, 0) is 0 Å². The van der Waals surface area contributed by atoms with Crippen LogP contribution in [0.1, 0.15) is 59.4 Å². The molecule has 2 aromatic heterocycles. The summed E-state index contributed by atoms with van der Waals surface area (Å²) >= 11 is 0. The monoisotopic (exact) mass is 274 g/mol. The molecule has 1 fully saturated rings. The molecule has 0 bridgehead atoms. The van der Waals surface area contributed by atoms with Crippen LogP contribution in [-0.4, -0.2) is 16.1 Å². The van der Waals surface area contributed by atoms with Crippen molar-refractivity contribution in [2.45, 2.75) is 38.6 Å². The lowest BCUT2D eigenvalue weighted by Gasteiger charge is -2.10. The molecule has 3 rings (SSSR count). The molecule has 2 aromatic rings. The van der Waals surface area contributed by atoms with Crippen LogP contribution in [0, 0.1) is 6.92 Å². The second kappa shape index (κ2) is 4.70. The van der Waals surface area contributed by atoms with E-state index in [-0.39, 0.29) is 17.6 Å². The van der Waals surface area contributed by atoms with Gasteiger partial charge in [-0.2, -0.15) is 5.10 Å². The highest BCUT2D eigenvalue weighted by molar-refractivity contribution is 5.97. The standard InChI is InChI=1S/C14H18N4O2/c1-7-3-6-10(20-7)8(2)16-14(19)13-11(15)12(17-18-13)9-4-5-9/h3,6,8-9H,4-5,15H2,1-2H3,(H,16,19)(H,17,18). The Balaban J connectivity index is 1.72. The van der Waals surface area contributed by atoms with E-state index in [1.165, 1.54) is 0 Å². The fourth-order valence-electron chi connectivity index (χ4n) is 2.24. The SMILES string of the molecule is Cc1ccc(C(C)NC(=O)c2n[nH]c(C3CC3)c2N)o1. The number of hydrogen-bond acceptors (Lipinski definition) is 4. The van der Waals surface area contributed by atoms with Crippen LogP contribution in [0.5, 0.6) is 0 Å². The average Bonchev–Trinajstić information content (AvgIpc) is 3.03. The third kappa shape index (κ3) is 2.29. The number of hydrogen-bond donors (Lipinski definition) is 3. The van der Waals surface area contributed by atoms with Gasteiger partial charge in [-0.25, -0.2) is 0 Å². The van der Waals surface area contributed by atoms with E-state index >= 15 is 0 Å². The number of aromatic nitrogens is 2. The number of H-pyrrole nitrogens is 1. The van der Waals surface area contributed by atoms with Crippen molar-refractivity contribution in [1.82, 2.24) is 15.5 Å². The number of aromatic amines is 1.